The van der Waals surface area contributed by atoms with Gasteiger partial charge in [-0.05, 0) is 19.1 Å². The van der Waals surface area contributed by atoms with Crippen molar-refractivity contribution in [2.75, 3.05) is 35.6 Å². The molecule has 0 saturated heterocycles. The average Bonchev–Trinajstić information content (AvgIpc) is 2.52. The van der Waals surface area contributed by atoms with E-state index >= 15 is 0 Å². The molecule has 2 rings (SSSR count). The van der Waals surface area contributed by atoms with Gasteiger partial charge in [0.05, 0.1) is 22.3 Å². The van der Waals surface area contributed by atoms with Crippen LogP contribution in [-0.2, 0) is 0 Å². The smallest absolute Gasteiger partial charge is 0.159 e. The molecule has 0 unspecified atom stereocenters. The zero-order valence-electron chi connectivity index (χ0n) is 12.1. The van der Waals surface area contributed by atoms with E-state index in [0.717, 1.165) is 0 Å². The number of nitrogens with one attached hydrogen (secondary N) is 1. The van der Waals surface area contributed by atoms with Gasteiger partial charge in [-0.25, -0.2) is 9.97 Å². The highest BCUT2D eigenvalue weighted by molar-refractivity contribution is 6.43. The summed E-state index contributed by atoms with van der Waals surface area (Å²) < 4.78 is 0. The third-order valence-electron chi connectivity index (χ3n) is 3.12. The number of likely N-dealkylation sites (N-methyl/N-ethyl adjacent to an activating group) is 1. The highest BCUT2D eigenvalue weighted by atomic mass is 35.5. The van der Waals surface area contributed by atoms with Gasteiger partial charge < -0.3 is 21.1 Å². The number of hydrogen-bond acceptors (Lipinski definition) is 6. The molecule has 4 N–H and O–H groups in total. The molecule has 0 aliphatic heterocycles. The van der Waals surface area contributed by atoms with Gasteiger partial charge in [0.25, 0.3) is 0 Å². The van der Waals surface area contributed by atoms with E-state index in [-0.39, 0.29) is 6.61 Å². The van der Waals surface area contributed by atoms with E-state index in [4.69, 9.17) is 34.0 Å². The van der Waals surface area contributed by atoms with Gasteiger partial charge in [0.1, 0.15) is 12.0 Å². The summed E-state index contributed by atoms with van der Waals surface area (Å²) in [5.41, 5.74) is 7.13. The Morgan fingerprint density at radius 3 is 2.77 bits per heavy atom. The molecule has 0 aliphatic carbocycles. The number of nitrogens with two attached hydrogens (primary N) is 1. The van der Waals surface area contributed by atoms with E-state index < -0.39 is 0 Å². The van der Waals surface area contributed by atoms with Crippen LogP contribution >= 0.6 is 23.2 Å². The molecule has 0 saturated carbocycles. The first-order valence-electron chi connectivity index (χ1n) is 6.75. The van der Waals surface area contributed by atoms with Gasteiger partial charge in [0.15, 0.2) is 11.6 Å². The van der Waals surface area contributed by atoms with E-state index in [2.05, 4.69) is 15.3 Å². The van der Waals surface area contributed by atoms with Crippen LogP contribution in [0.1, 0.15) is 6.92 Å². The number of nitrogens with zero attached hydrogens (tertiary/aromatic N) is 3. The van der Waals surface area contributed by atoms with E-state index in [0.29, 0.717) is 46.1 Å². The van der Waals surface area contributed by atoms with Crippen molar-refractivity contribution in [3.8, 4) is 0 Å². The average molecular weight is 342 g/mol. The predicted molar refractivity (Wildman–Crippen MR) is 91.2 cm³/mol. The number of aliphatic hydroxyl groups excluding tert-OH is 1. The molecule has 1 heterocycles. The lowest BCUT2D eigenvalue weighted by atomic mass is 10.3. The molecule has 0 aliphatic rings. The molecule has 1 aromatic carbocycles. The summed E-state index contributed by atoms with van der Waals surface area (Å²) in [6.07, 6.45) is 1.41. The Labute approximate surface area is 138 Å². The molecule has 118 valence electrons. The fourth-order valence-corrected chi connectivity index (χ4v) is 2.35. The van der Waals surface area contributed by atoms with E-state index in [9.17, 15) is 0 Å². The maximum Gasteiger partial charge on any atom is 0.159 e. The predicted octanol–water partition coefficient (Wildman–Crippen LogP) is 2.93. The van der Waals surface area contributed by atoms with Crippen LogP contribution in [0.4, 0.5) is 23.0 Å². The fraction of sp³-hybridized carbons (Fsp3) is 0.286. The van der Waals surface area contributed by atoms with Crippen molar-refractivity contribution >= 4 is 46.2 Å². The Bertz CT molecular complexity index is 653. The molecule has 0 spiro atoms. The number of aliphatic hydroxyl groups is 1. The Kier molecular flexibility index (Phi) is 5.65. The third kappa shape index (κ3) is 3.52. The SMILES string of the molecule is CCN(CCO)c1ncnc(Nc2cccc(Cl)c2Cl)c1N. The summed E-state index contributed by atoms with van der Waals surface area (Å²) in [6, 6.07) is 5.25. The van der Waals surface area contributed by atoms with Gasteiger partial charge in [-0.15, -0.1) is 0 Å². The van der Waals surface area contributed by atoms with E-state index in [1.165, 1.54) is 6.33 Å². The molecule has 0 bridgehead atoms. The number of anilines is 4. The molecule has 0 atom stereocenters. The fourth-order valence-electron chi connectivity index (χ4n) is 2.00. The van der Waals surface area contributed by atoms with Gasteiger partial charge in [0.2, 0.25) is 0 Å². The second-order valence-electron chi connectivity index (χ2n) is 4.49. The highest BCUT2D eigenvalue weighted by Gasteiger charge is 2.15. The molecular formula is C14H17Cl2N5O. The number of benzene rings is 1. The maximum atomic E-state index is 9.12. The minimum absolute atomic E-state index is 0.0141. The van der Waals surface area contributed by atoms with Crippen molar-refractivity contribution in [3.63, 3.8) is 0 Å². The summed E-state index contributed by atoms with van der Waals surface area (Å²) in [6.45, 7) is 3.08. The second-order valence-corrected chi connectivity index (χ2v) is 5.27. The zero-order valence-corrected chi connectivity index (χ0v) is 13.6. The largest absolute Gasteiger partial charge is 0.395 e. The zero-order chi connectivity index (χ0) is 16.1. The van der Waals surface area contributed by atoms with Crippen molar-refractivity contribution in [2.24, 2.45) is 0 Å². The minimum atomic E-state index is 0.0141. The monoisotopic (exact) mass is 341 g/mol. The standard InChI is InChI=1S/C14H17Cl2N5O/c1-2-21(6-7-22)14-12(17)13(18-8-19-14)20-10-5-3-4-9(15)11(10)16/h3-5,8,22H,2,6-7,17H2,1H3,(H,18,19,20). The summed E-state index contributed by atoms with van der Waals surface area (Å²) >= 11 is 12.1. The quantitative estimate of drug-likeness (QED) is 0.748. The van der Waals surface area contributed by atoms with Crippen molar-refractivity contribution in [2.45, 2.75) is 6.92 Å². The normalized spacial score (nSPS) is 10.5. The Morgan fingerprint density at radius 1 is 1.32 bits per heavy atom. The minimum Gasteiger partial charge on any atom is -0.395 e. The molecule has 0 amide bonds. The van der Waals surface area contributed by atoms with Crippen LogP contribution in [-0.4, -0.2) is 34.8 Å². The lowest BCUT2D eigenvalue weighted by molar-refractivity contribution is 0.302. The summed E-state index contributed by atoms with van der Waals surface area (Å²) in [5.74, 6) is 0.998. The van der Waals surface area contributed by atoms with Gasteiger partial charge in [-0.1, -0.05) is 29.3 Å². The molecule has 1 aromatic heterocycles. The van der Waals surface area contributed by atoms with Crippen LogP contribution in [0.25, 0.3) is 0 Å². The molecule has 0 fully saturated rings. The highest BCUT2D eigenvalue weighted by Crippen LogP contribution is 2.34. The second kappa shape index (κ2) is 7.49. The van der Waals surface area contributed by atoms with Crippen LogP contribution in [0.15, 0.2) is 24.5 Å². The molecule has 8 heteroatoms. The summed E-state index contributed by atoms with van der Waals surface area (Å²) in [4.78, 5) is 10.2. The van der Waals surface area contributed by atoms with Gasteiger partial charge in [0, 0.05) is 13.1 Å². The summed E-state index contributed by atoms with van der Waals surface area (Å²) in [7, 11) is 0. The lowest BCUT2D eigenvalue weighted by Crippen LogP contribution is -2.28. The van der Waals surface area contributed by atoms with Gasteiger partial charge in [-0.3, -0.25) is 0 Å². The maximum absolute atomic E-state index is 9.12. The Balaban J connectivity index is 2.34. The molecular weight excluding hydrogens is 325 g/mol. The number of aromatic nitrogens is 2. The van der Waals surface area contributed by atoms with E-state index in [1.54, 1.807) is 18.2 Å². The van der Waals surface area contributed by atoms with Gasteiger partial charge >= 0.3 is 0 Å². The van der Waals surface area contributed by atoms with Crippen molar-refractivity contribution in [1.82, 2.24) is 9.97 Å². The molecule has 6 nitrogen and oxygen atoms in total. The first-order chi connectivity index (χ1) is 10.6. The topological polar surface area (TPSA) is 87.3 Å². The number of nitrogen functional groups attached to an aromatic ring is 1. The number of hydrogen-bond donors (Lipinski definition) is 3. The molecule has 22 heavy (non-hydrogen) atoms. The summed E-state index contributed by atoms with van der Waals surface area (Å²) in [5, 5.41) is 13.0. The third-order valence-corrected chi connectivity index (χ3v) is 3.94. The molecule has 0 radical (unpaired) electrons. The Hall–Kier alpha value is -1.76. The van der Waals surface area contributed by atoms with Crippen LogP contribution in [0.2, 0.25) is 10.0 Å². The van der Waals surface area contributed by atoms with Crippen molar-refractivity contribution in [1.29, 1.82) is 0 Å². The van der Waals surface area contributed by atoms with Gasteiger partial charge in [-0.2, -0.15) is 0 Å². The van der Waals surface area contributed by atoms with Crippen molar-refractivity contribution in [3.05, 3.63) is 34.6 Å². The first-order valence-corrected chi connectivity index (χ1v) is 7.51. The number of halogens is 2. The lowest BCUT2D eigenvalue weighted by Gasteiger charge is -2.23. The van der Waals surface area contributed by atoms with Crippen molar-refractivity contribution < 1.29 is 5.11 Å². The van der Waals surface area contributed by atoms with Crippen LogP contribution in [0.5, 0.6) is 0 Å². The Morgan fingerprint density at radius 2 is 2.09 bits per heavy atom. The first kappa shape index (κ1) is 16.6. The van der Waals surface area contributed by atoms with E-state index in [1.807, 2.05) is 11.8 Å². The molecule has 2 aromatic rings. The number of rotatable bonds is 6. The van der Waals surface area contributed by atoms with Crippen LogP contribution in [0, 0.1) is 0 Å². The van der Waals surface area contributed by atoms with Crippen LogP contribution in [0.3, 0.4) is 0 Å². The van der Waals surface area contributed by atoms with Crippen LogP contribution < -0.4 is 16.0 Å².